The first-order valence-corrected chi connectivity index (χ1v) is 7.75. The Kier molecular flexibility index (Phi) is 6.02. The molecule has 17 heavy (non-hydrogen) atoms. The van der Waals surface area contributed by atoms with Crippen LogP contribution in [-0.4, -0.2) is 0 Å². The second-order valence-corrected chi connectivity index (χ2v) is 5.95. The van der Waals surface area contributed by atoms with Crippen molar-refractivity contribution in [2.75, 3.05) is 0 Å². The van der Waals surface area contributed by atoms with Gasteiger partial charge in [0.15, 0.2) is 0 Å². The molecule has 0 amide bonds. The quantitative estimate of drug-likeness (QED) is 0.566. The average Bonchev–Trinajstić information content (AvgIpc) is 2.36. The molecule has 2 unspecified atom stereocenters. The number of benzene rings is 1. The van der Waals surface area contributed by atoms with Crippen LogP contribution < -0.4 is 0 Å². The molecular formula is C15H22BrCl. The Labute approximate surface area is 119 Å². The molecule has 1 aromatic carbocycles. The normalized spacial score (nSPS) is 14.7. The van der Waals surface area contributed by atoms with Crippen molar-refractivity contribution < 1.29 is 0 Å². The van der Waals surface area contributed by atoms with E-state index in [4.69, 9.17) is 11.6 Å². The molecule has 0 aliphatic rings. The Balaban J connectivity index is 3.27. The highest BCUT2D eigenvalue weighted by Crippen LogP contribution is 2.34. The lowest BCUT2D eigenvalue weighted by molar-refractivity contribution is 0.704. The highest BCUT2D eigenvalue weighted by molar-refractivity contribution is 9.10. The van der Waals surface area contributed by atoms with Crippen LogP contribution in [0.3, 0.4) is 0 Å². The van der Waals surface area contributed by atoms with Gasteiger partial charge in [0, 0.05) is 10.4 Å². The molecule has 0 aliphatic carbocycles. The SMILES string of the molecule is CCC(C)c1cc(C(C)CC)c(CCl)cc1Br. The van der Waals surface area contributed by atoms with Gasteiger partial charge in [0.1, 0.15) is 0 Å². The van der Waals surface area contributed by atoms with Crippen LogP contribution in [0.4, 0.5) is 0 Å². The first kappa shape index (κ1) is 15.0. The second-order valence-electron chi connectivity index (χ2n) is 4.82. The zero-order valence-corrected chi connectivity index (χ0v) is 13.5. The predicted octanol–water partition coefficient (Wildman–Crippen LogP) is 6.21. The molecule has 0 fully saturated rings. The van der Waals surface area contributed by atoms with E-state index in [1.807, 2.05) is 0 Å². The molecular weight excluding hydrogens is 296 g/mol. The van der Waals surface area contributed by atoms with Crippen molar-refractivity contribution in [3.63, 3.8) is 0 Å². The summed E-state index contributed by atoms with van der Waals surface area (Å²) in [7, 11) is 0. The van der Waals surface area contributed by atoms with E-state index in [9.17, 15) is 0 Å². The molecule has 0 aromatic heterocycles. The van der Waals surface area contributed by atoms with Crippen LogP contribution in [0.2, 0.25) is 0 Å². The Hall–Kier alpha value is -0.0100. The van der Waals surface area contributed by atoms with Gasteiger partial charge in [-0.3, -0.25) is 0 Å². The first-order chi connectivity index (χ1) is 8.04. The topological polar surface area (TPSA) is 0 Å². The maximum absolute atomic E-state index is 6.05. The summed E-state index contributed by atoms with van der Waals surface area (Å²) in [6, 6.07) is 4.56. The molecule has 2 heteroatoms. The standard InChI is InChI=1S/C15H22BrCl/c1-5-10(3)13-8-14(11(4)6-2)15(16)7-12(13)9-17/h7-8,10-11H,5-6,9H2,1-4H3. The van der Waals surface area contributed by atoms with Crippen molar-refractivity contribution in [1.82, 2.24) is 0 Å². The molecule has 0 bridgehead atoms. The van der Waals surface area contributed by atoms with Crippen molar-refractivity contribution >= 4 is 27.5 Å². The summed E-state index contributed by atoms with van der Waals surface area (Å²) in [6.07, 6.45) is 2.32. The average molecular weight is 318 g/mol. The van der Waals surface area contributed by atoms with E-state index in [0.717, 1.165) is 6.42 Å². The Morgan fingerprint density at radius 2 is 1.59 bits per heavy atom. The summed E-state index contributed by atoms with van der Waals surface area (Å²) in [6.45, 7) is 9.02. The van der Waals surface area contributed by atoms with Gasteiger partial charge < -0.3 is 0 Å². The van der Waals surface area contributed by atoms with Crippen LogP contribution in [0.15, 0.2) is 16.6 Å². The zero-order chi connectivity index (χ0) is 13.0. The molecule has 0 saturated heterocycles. The zero-order valence-electron chi connectivity index (χ0n) is 11.2. The molecule has 0 saturated carbocycles. The summed E-state index contributed by atoms with van der Waals surface area (Å²) in [5, 5.41) is 0. The minimum absolute atomic E-state index is 0.583. The summed E-state index contributed by atoms with van der Waals surface area (Å²) in [4.78, 5) is 0. The van der Waals surface area contributed by atoms with Crippen molar-refractivity contribution in [2.45, 2.75) is 58.3 Å². The predicted molar refractivity (Wildman–Crippen MR) is 81.1 cm³/mol. The van der Waals surface area contributed by atoms with E-state index in [0.29, 0.717) is 17.7 Å². The van der Waals surface area contributed by atoms with E-state index >= 15 is 0 Å². The minimum Gasteiger partial charge on any atom is -0.122 e. The Bertz CT molecular complexity index is 373. The van der Waals surface area contributed by atoms with Gasteiger partial charge in [-0.05, 0) is 47.4 Å². The van der Waals surface area contributed by atoms with Crippen molar-refractivity contribution in [2.24, 2.45) is 0 Å². The molecule has 0 nitrogen and oxygen atoms in total. The van der Waals surface area contributed by atoms with Gasteiger partial charge in [-0.15, -0.1) is 11.6 Å². The van der Waals surface area contributed by atoms with Crippen molar-refractivity contribution in [3.05, 3.63) is 33.3 Å². The lowest BCUT2D eigenvalue weighted by Gasteiger charge is -2.19. The van der Waals surface area contributed by atoms with Crippen LogP contribution in [0.1, 0.15) is 69.1 Å². The lowest BCUT2D eigenvalue weighted by Crippen LogP contribution is -2.02. The minimum atomic E-state index is 0.583. The van der Waals surface area contributed by atoms with Gasteiger partial charge in [-0.2, -0.15) is 0 Å². The fourth-order valence-electron chi connectivity index (χ4n) is 2.04. The third-order valence-electron chi connectivity index (χ3n) is 3.69. The largest absolute Gasteiger partial charge is 0.122 e. The van der Waals surface area contributed by atoms with Gasteiger partial charge in [0.05, 0.1) is 0 Å². The maximum atomic E-state index is 6.05. The highest BCUT2D eigenvalue weighted by Gasteiger charge is 2.15. The molecule has 96 valence electrons. The van der Waals surface area contributed by atoms with Gasteiger partial charge in [-0.1, -0.05) is 49.7 Å². The fourth-order valence-corrected chi connectivity index (χ4v) is 3.05. The van der Waals surface area contributed by atoms with E-state index in [1.165, 1.54) is 27.6 Å². The lowest BCUT2D eigenvalue weighted by atomic mass is 9.89. The van der Waals surface area contributed by atoms with Crippen LogP contribution in [-0.2, 0) is 5.88 Å². The summed E-state index contributed by atoms with van der Waals surface area (Å²) >= 11 is 9.73. The smallest absolute Gasteiger partial charge is 0.0477 e. The molecule has 0 N–H and O–H groups in total. The third kappa shape index (κ3) is 3.48. The second kappa shape index (κ2) is 6.80. The fraction of sp³-hybridized carbons (Fsp3) is 0.600. The Morgan fingerprint density at radius 3 is 2.06 bits per heavy atom. The maximum Gasteiger partial charge on any atom is 0.0477 e. The first-order valence-electron chi connectivity index (χ1n) is 6.43. The molecule has 2 atom stereocenters. The highest BCUT2D eigenvalue weighted by atomic mass is 79.9. The molecule has 0 heterocycles. The van der Waals surface area contributed by atoms with E-state index in [1.54, 1.807) is 0 Å². The van der Waals surface area contributed by atoms with Crippen molar-refractivity contribution in [1.29, 1.82) is 0 Å². The molecule has 0 aliphatic heterocycles. The van der Waals surface area contributed by atoms with Gasteiger partial charge in [-0.25, -0.2) is 0 Å². The monoisotopic (exact) mass is 316 g/mol. The Morgan fingerprint density at radius 1 is 1.06 bits per heavy atom. The summed E-state index contributed by atoms with van der Waals surface area (Å²) in [5.74, 6) is 1.77. The van der Waals surface area contributed by atoms with Gasteiger partial charge in [0.25, 0.3) is 0 Å². The number of rotatable bonds is 5. The van der Waals surface area contributed by atoms with Crippen LogP contribution >= 0.6 is 27.5 Å². The van der Waals surface area contributed by atoms with Gasteiger partial charge >= 0.3 is 0 Å². The van der Waals surface area contributed by atoms with E-state index < -0.39 is 0 Å². The summed E-state index contributed by atoms with van der Waals surface area (Å²) in [5.41, 5.74) is 4.10. The number of alkyl halides is 1. The number of halogens is 2. The van der Waals surface area contributed by atoms with Crippen LogP contribution in [0.5, 0.6) is 0 Å². The number of hydrogen-bond acceptors (Lipinski definition) is 0. The van der Waals surface area contributed by atoms with E-state index in [2.05, 4.69) is 55.8 Å². The molecule has 0 radical (unpaired) electrons. The van der Waals surface area contributed by atoms with Crippen LogP contribution in [0, 0.1) is 0 Å². The molecule has 0 spiro atoms. The number of hydrogen-bond donors (Lipinski definition) is 0. The molecule has 1 aromatic rings. The summed E-state index contributed by atoms with van der Waals surface area (Å²) < 4.78 is 1.20. The van der Waals surface area contributed by atoms with Crippen molar-refractivity contribution in [3.8, 4) is 0 Å². The molecule has 1 rings (SSSR count). The third-order valence-corrected chi connectivity index (χ3v) is 4.66. The van der Waals surface area contributed by atoms with Crippen LogP contribution in [0.25, 0.3) is 0 Å². The van der Waals surface area contributed by atoms with E-state index in [-0.39, 0.29) is 0 Å². The van der Waals surface area contributed by atoms with Gasteiger partial charge in [0.2, 0.25) is 0 Å².